The molecule has 0 spiro atoms. The van der Waals surface area contributed by atoms with E-state index in [2.05, 4.69) is 16.8 Å². The van der Waals surface area contributed by atoms with E-state index in [1.807, 2.05) is 30.3 Å². The van der Waals surface area contributed by atoms with Crippen LogP contribution in [0.4, 0.5) is 0 Å². The van der Waals surface area contributed by atoms with Crippen LogP contribution in [-0.2, 0) is 21.5 Å². The third kappa shape index (κ3) is 5.02. The zero-order valence-corrected chi connectivity index (χ0v) is 13.8. The molecule has 0 saturated carbocycles. The Morgan fingerprint density at radius 1 is 1.12 bits per heavy atom. The normalized spacial score (nSPS) is 11.0. The summed E-state index contributed by atoms with van der Waals surface area (Å²) < 4.78 is 26.4. The molecule has 0 heterocycles. The molecule has 7 heteroatoms. The van der Waals surface area contributed by atoms with E-state index in [1.165, 1.54) is 30.3 Å². The van der Waals surface area contributed by atoms with Crippen molar-refractivity contribution in [3.63, 3.8) is 0 Å². The van der Waals surface area contributed by atoms with Crippen molar-refractivity contribution < 1.29 is 18.0 Å². The summed E-state index contributed by atoms with van der Waals surface area (Å²) in [5, 5.41) is 0. The number of hydroxylamine groups is 1. The molecule has 0 aliphatic rings. The third-order valence-electron chi connectivity index (χ3n) is 3.07. The van der Waals surface area contributed by atoms with Gasteiger partial charge < -0.3 is 0 Å². The maximum atomic E-state index is 12.1. The summed E-state index contributed by atoms with van der Waals surface area (Å²) >= 11 is 0. The van der Waals surface area contributed by atoms with Crippen LogP contribution in [0.3, 0.4) is 0 Å². The van der Waals surface area contributed by atoms with Crippen LogP contribution in [0, 0.1) is 0 Å². The summed E-state index contributed by atoms with van der Waals surface area (Å²) in [4.78, 5) is 17.2. The Morgan fingerprint density at radius 3 is 2.58 bits per heavy atom. The second kappa shape index (κ2) is 8.39. The number of sulfonamides is 1. The molecule has 1 amide bonds. The molecule has 126 valence electrons. The zero-order chi connectivity index (χ0) is 17.4. The van der Waals surface area contributed by atoms with Gasteiger partial charge in [0.2, 0.25) is 10.0 Å². The van der Waals surface area contributed by atoms with Crippen molar-refractivity contribution in [3.05, 3.63) is 78.4 Å². The summed E-state index contributed by atoms with van der Waals surface area (Å²) in [6.07, 6.45) is 1.44. The SMILES string of the molecule is C=CCNS(=O)(=O)c1cccc(C(=O)NOCc2ccccc2)c1. The molecule has 2 rings (SSSR count). The molecule has 0 bridgehead atoms. The van der Waals surface area contributed by atoms with Crippen molar-refractivity contribution in [2.75, 3.05) is 6.54 Å². The van der Waals surface area contributed by atoms with Gasteiger partial charge in [-0.3, -0.25) is 9.63 Å². The monoisotopic (exact) mass is 346 g/mol. The minimum absolute atomic E-state index is 0.0000550. The van der Waals surface area contributed by atoms with Crippen molar-refractivity contribution in [2.45, 2.75) is 11.5 Å². The molecule has 2 aromatic rings. The van der Waals surface area contributed by atoms with Gasteiger partial charge in [0, 0.05) is 12.1 Å². The van der Waals surface area contributed by atoms with Gasteiger partial charge in [-0.2, -0.15) is 0 Å². The van der Waals surface area contributed by atoms with Crippen LogP contribution < -0.4 is 10.2 Å². The summed E-state index contributed by atoms with van der Waals surface area (Å²) in [6, 6.07) is 15.0. The first-order valence-electron chi connectivity index (χ1n) is 7.19. The second-order valence-electron chi connectivity index (χ2n) is 4.87. The Bertz CT molecular complexity index is 804. The lowest BCUT2D eigenvalue weighted by Gasteiger charge is -2.08. The van der Waals surface area contributed by atoms with Crippen molar-refractivity contribution in [2.24, 2.45) is 0 Å². The maximum absolute atomic E-state index is 12.1. The number of hydrogen-bond acceptors (Lipinski definition) is 4. The highest BCUT2D eigenvalue weighted by molar-refractivity contribution is 7.89. The van der Waals surface area contributed by atoms with Crippen LogP contribution in [-0.4, -0.2) is 20.9 Å². The molecule has 0 fully saturated rings. The second-order valence-corrected chi connectivity index (χ2v) is 6.64. The maximum Gasteiger partial charge on any atom is 0.274 e. The minimum Gasteiger partial charge on any atom is -0.269 e. The lowest BCUT2D eigenvalue weighted by atomic mass is 10.2. The zero-order valence-electron chi connectivity index (χ0n) is 12.9. The predicted octanol–water partition coefficient (Wildman–Crippen LogP) is 2.01. The topological polar surface area (TPSA) is 84.5 Å². The van der Waals surface area contributed by atoms with Gasteiger partial charge in [-0.25, -0.2) is 18.6 Å². The van der Waals surface area contributed by atoms with Gasteiger partial charge in [-0.15, -0.1) is 6.58 Å². The average Bonchev–Trinajstić information content (AvgIpc) is 2.61. The minimum atomic E-state index is -3.68. The molecule has 0 radical (unpaired) electrons. The Balaban J connectivity index is 2.00. The quantitative estimate of drug-likeness (QED) is 0.566. The summed E-state index contributed by atoms with van der Waals surface area (Å²) in [5.74, 6) is -0.522. The fraction of sp³-hybridized carbons (Fsp3) is 0.118. The number of amides is 1. The fourth-order valence-electron chi connectivity index (χ4n) is 1.87. The van der Waals surface area contributed by atoms with E-state index in [9.17, 15) is 13.2 Å². The van der Waals surface area contributed by atoms with Crippen LogP contribution in [0.1, 0.15) is 15.9 Å². The highest BCUT2D eigenvalue weighted by atomic mass is 32.2. The Labute approximate surface area is 141 Å². The van der Waals surface area contributed by atoms with Gasteiger partial charge in [0.1, 0.15) is 0 Å². The van der Waals surface area contributed by atoms with Crippen molar-refractivity contribution >= 4 is 15.9 Å². The van der Waals surface area contributed by atoms with E-state index < -0.39 is 15.9 Å². The predicted molar refractivity (Wildman–Crippen MR) is 90.5 cm³/mol. The first kappa shape index (κ1) is 17.9. The summed E-state index contributed by atoms with van der Waals surface area (Å²) in [7, 11) is -3.68. The third-order valence-corrected chi connectivity index (χ3v) is 4.49. The number of carbonyl (C=O) groups is 1. The molecule has 0 aromatic heterocycles. The van der Waals surface area contributed by atoms with Gasteiger partial charge >= 0.3 is 0 Å². The smallest absolute Gasteiger partial charge is 0.269 e. The summed E-state index contributed by atoms with van der Waals surface area (Å²) in [6.45, 7) is 3.78. The van der Waals surface area contributed by atoms with Crippen molar-refractivity contribution in [3.8, 4) is 0 Å². The Morgan fingerprint density at radius 2 is 1.88 bits per heavy atom. The summed E-state index contributed by atoms with van der Waals surface area (Å²) in [5.41, 5.74) is 3.39. The first-order chi connectivity index (χ1) is 11.5. The van der Waals surface area contributed by atoms with Gasteiger partial charge in [0.05, 0.1) is 11.5 Å². The van der Waals surface area contributed by atoms with Gasteiger partial charge in [-0.1, -0.05) is 42.5 Å². The molecule has 6 nitrogen and oxygen atoms in total. The van der Waals surface area contributed by atoms with E-state index in [-0.39, 0.29) is 23.6 Å². The number of rotatable bonds is 8. The van der Waals surface area contributed by atoms with Crippen molar-refractivity contribution in [1.29, 1.82) is 0 Å². The van der Waals surface area contributed by atoms with Crippen molar-refractivity contribution in [1.82, 2.24) is 10.2 Å². The van der Waals surface area contributed by atoms with E-state index in [0.717, 1.165) is 5.56 Å². The van der Waals surface area contributed by atoms with Gasteiger partial charge in [0.15, 0.2) is 0 Å². The molecular formula is C17H18N2O4S. The first-order valence-corrected chi connectivity index (χ1v) is 8.68. The fourth-order valence-corrected chi connectivity index (χ4v) is 2.92. The molecule has 2 N–H and O–H groups in total. The molecule has 0 aliphatic heterocycles. The Hall–Kier alpha value is -2.48. The molecule has 0 atom stereocenters. The largest absolute Gasteiger partial charge is 0.274 e. The lowest BCUT2D eigenvalue weighted by molar-refractivity contribution is 0.0233. The van der Waals surface area contributed by atoms with E-state index >= 15 is 0 Å². The average molecular weight is 346 g/mol. The van der Waals surface area contributed by atoms with Crippen LogP contribution in [0.2, 0.25) is 0 Å². The molecule has 0 saturated heterocycles. The molecule has 24 heavy (non-hydrogen) atoms. The molecule has 0 aliphatic carbocycles. The number of benzene rings is 2. The van der Waals surface area contributed by atoms with Gasteiger partial charge in [-0.05, 0) is 23.8 Å². The number of hydrogen-bond donors (Lipinski definition) is 2. The standard InChI is InChI=1S/C17H18N2O4S/c1-2-11-18-24(21,22)16-10-6-9-15(12-16)17(20)19-23-13-14-7-4-3-5-8-14/h2-10,12,18H,1,11,13H2,(H,19,20). The molecule has 2 aromatic carbocycles. The molecular weight excluding hydrogens is 328 g/mol. The van der Waals surface area contributed by atoms with E-state index in [1.54, 1.807) is 0 Å². The highest BCUT2D eigenvalue weighted by Gasteiger charge is 2.15. The Kier molecular flexibility index (Phi) is 6.25. The highest BCUT2D eigenvalue weighted by Crippen LogP contribution is 2.11. The van der Waals surface area contributed by atoms with E-state index in [0.29, 0.717) is 0 Å². The van der Waals surface area contributed by atoms with Crippen LogP contribution in [0.5, 0.6) is 0 Å². The lowest BCUT2D eigenvalue weighted by Crippen LogP contribution is -2.26. The van der Waals surface area contributed by atoms with Crippen LogP contribution >= 0.6 is 0 Å². The van der Waals surface area contributed by atoms with Crippen LogP contribution in [0.15, 0.2) is 72.1 Å². The van der Waals surface area contributed by atoms with E-state index in [4.69, 9.17) is 4.84 Å². The number of carbonyl (C=O) groups excluding carboxylic acids is 1. The number of nitrogens with one attached hydrogen (secondary N) is 2. The molecule has 0 unspecified atom stereocenters. The van der Waals surface area contributed by atoms with Crippen LogP contribution in [0.25, 0.3) is 0 Å². The van der Waals surface area contributed by atoms with Gasteiger partial charge in [0.25, 0.3) is 5.91 Å².